The summed E-state index contributed by atoms with van der Waals surface area (Å²) in [4.78, 5) is 12.6. The van der Waals surface area contributed by atoms with Gasteiger partial charge in [-0.3, -0.25) is 4.79 Å². The number of hydrogen-bond donors (Lipinski definition) is 1. The zero-order valence-corrected chi connectivity index (χ0v) is 18.8. The van der Waals surface area contributed by atoms with Gasteiger partial charge in [0, 0.05) is 29.2 Å². The van der Waals surface area contributed by atoms with Crippen LogP contribution in [0.4, 0.5) is 0 Å². The molecule has 1 saturated heterocycles. The van der Waals surface area contributed by atoms with Crippen molar-refractivity contribution < 1.29 is 17.9 Å². The van der Waals surface area contributed by atoms with E-state index in [-0.39, 0.29) is 30.0 Å². The van der Waals surface area contributed by atoms with Gasteiger partial charge in [-0.15, -0.1) is 0 Å². The van der Waals surface area contributed by atoms with Crippen molar-refractivity contribution in [3.63, 3.8) is 0 Å². The van der Waals surface area contributed by atoms with Crippen LogP contribution in [-0.4, -0.2) is 44.4 Å². The van der Waals surface area contributed by atoms with Gasteiger partial charge in [0.2, 0.25) is 15.9 Å². The number of hydrogen-bond acceptors (Lipinski definition) is 4. The second-order valence-corrected chi connectivity index (χ2v) is 10.1. The van der Waals surface area contributed by atoms with Crippen LogP contribution >= 0.6 is 27.5 Å². The molecule has 1 fully saturated rings. The molecule has 1 amide bonds. The fourth-order valence-electron chi connectivity index (χ4n) is 3.02. The number of carbonyl (C=O) groups is 1. The molecular weight excluding hydrogens is 480 g/mol. The minimum absolute atomic E-state index is 0.00764. The Morgan fingerprint density at radius 1 is 1.17 bits per heavy atom. The predicted octanol–water partition coefficient (Wildman–Crippen LogP) is 3.59. The molecule has 9 heteroatoms. The zero-order chi connectivity index (χ0) is 20.9. The smallest absolute Gasteiger partial charge is 0.243 e. The zero-order valence-electron chi connectivity index (χ0n) is 15.7. The Labute approximate surface area is 184 Å². The lowest BCUT2D eigenvalue weighted by Gasteiger charge is -2.22. The molecule has 0 aliphatic carbocycles. The SMILES string of the molecule is O=C(CN(Cc1ccc(Br)cc1)S(=O)(=O)c1ccc(Cl)cc1)NC[C@H]1CCCO1. The van der Waals surface area contributed by atoms with E-state index in [9.17, 15) is 13.2 Å². The van der Waals surface area contributed by atoms with Crippen LogP contribution in [0, 0.1) is 0 Å². The van der Waals surface area contributed by atoms with Crippen molar-refractivity contribution >= 4 is 43.5 Å². The number of sulfonamides is 1. The number of rotatable bonds is 8. The lowest BCUT2D eigenvalue weighted by molar-refractivity contribution is -0.121. The first-order valence-corrected chi connectivity index (χ1v) is 11.8. The van der Waals surface area contributed by atoms with E-state index in [1.807, 2.05) is 24.3 Å². The number of nitrogens with zero attached hydrogens (tertiary/aromatic N) is 1. The summed E-state index contributed by atoms with van der Waals surface area (Å²) in [7, 11) is -3.89. The van der Waals surface area contributed by atoms with Gasteiger partial charge in [0.05, 0.1) is 17.5 Å². The normalized spacial score (nSPS) is 16.9. The monoisotopic (exact) mass is 500 g/mol. The Bertz CT molecular complexity index is 930. The number of benzene rings is 2. The van der Waals surface area contributed by atoms with Crippen molar-refractivity contribution in [3.8, 4) is 0 Å². The lowest BCUT2D eigenvalue weighted by atomic mass is 10.2. The van der Waals surface area contributed by atoms with Crippen LogP contribution in [0.1, 0.15) is 18.4 Å². The Balaban J connectivity index is 1.77. The molecule has 0 bridgehead atoms. The van der Waals surface area contributed by atoms with E-state index < -0.39 is 10.0 Å². The standard InChI is InChI=1S/C20H22BrClN2O4S/c21-16-5-3-15(4-6-16)13-24(14-20(25)23-12-18-2-1-11-28-18)29(26,27)19-9-7-17(22)8-10-19/h3-10,18H,1-2,11-14H2,(H,23,25)/t18-/m1/s1. The van der Waals surface area contributed by atoms with Crippen LogP contribution in [0.5, 0.6) is 0 Å². The summed E-state index contributed by atoms with van der Waals surface area (Å²) in [5, 5.41) is 3.23. The van der Waals surface area contributed by atoms with Crippen LogP contribution in [0.3, 0.4) is 0 Å². The Morgan fingerprint density at radius 3 is 2.48 bits per heavy atom. The van der Waals surface area contributed by atoms with Gasteiger partial charge in [0.25, 0.3) is 0 Å². The van der Waals surface area contributed by atoms with Gasteiger partial charge in [-0.1, -0.05) is 39.7 Å². The maximum Gasteiger partial charge on any atom is 0.243 e. The average Bonchev–Trinajstić information content (AvgIpc) is 3.21. The van der Waals surface area contributed by atoms with Gasteiger partial charge in [-0.2, -0.15) is 4.31 Å². The maximum atomic E-state index is 13.2. The topological polar surface area (TPSA) is 75.7 Å². The number of ether oxygens (including phenoxy) is 1. The van der Waals surface area contributed by atoms with E-state index in [0.717, 1.165) is 22.9 Å². The van der Waals surface area contributed by atoms with Crippen LogP contribution in [0.25, 0.3) is 0 Å². The van der Waals surface area contributed by atoms with Gasteiger partial charge in [-0.05, 0) is 54.8 Å². The number of nitrogens with one attached hydrogen (secondary N) is 1. The minimum atomic E-state index is -3.89. The maximum absolute atomic E-state index is 13.2. The summed E-state index contributed by atoms with van der Waals surface area (Å²) in [6.07, 6.45) is 1.86. The van der Waals surface area contributed by atoms with Crippen LogP contribution < -0.4 is 5.32 Å². The highest BCUT2D eigenvalue weighted by molar-refractivity contribution is 9.10. The summed E-state index contributed by atoms with van der Waals surface area (Å²) >= 11 is 9.25. The summed E-state index contributed by atoms with van der Waals surface area (Å²) in [6, 6.07) is 13.2. The largest absolute Gasteiger partial charge is 0.376 e. The van der Waals surface area contributed by atoms with E-state index in [0.29, 0.717) is 18.2 Å². The Hall–Kier alpha value is -1.45. The fraction of sp³-hybridized carbons (Fsp3) is 0.350. The molecule has 2 aromatic carbocycles. The second-order valence-electron chi connectivity index (χ2n) is 6.79. The van der Waals surface area contributed by atoms with Gasteiger partial charge in [0.15, 0.2) is 0 Å². The molecule has 29 heavy (non-hydrogen) atoms. The number of halogens is 2. The van der Waals surface area contributed by atoms with Crippen molar-refractivity contribution in [2.75, 3.05) is 19.7 Å². The molecule has 1 aliphatic rings. The van der Waals surface area contributed by atoms with Gasteiger partial charge >= 0.3 is 0 Å². The molecule has 1 heterocycles. The van der Waals surface area contributed by atoms with E-state index in [1.54, 1.807) is 0 Å². The van der Waals surface area contributed by atoms with Crippen molar-refractivity contribution in [1.82, 2.24) is 9.62 Å². The van der Waals surface area contributed by atoms with Crippen molar-refractivity contribution in [2.45, 2.75) is 30.4 Å². The van der Waals surface area contributed by atoms with Crippen molar-refractivity contribution in [3.05, 3.63) is 63.6 Å². The molecule has 0 aromatic heterocycles. The van der Waals surface area contributed by atoms with Gasteiger partial charge in [-0.25, -0.2) is 8.42 Å². The van der Waals surface area contributed by atoms with Crippen LogP contribution in [0.2, 0.25) is 5.02 Å². The first-order valence-electron chi connectivity index (χ1n) is 9.23. The molecule has 6 nitrogen and oxygen atoms in total. The van der Waals surface area contributed by atoms with Crippen LogP contribution in [0.15, 0.2) is 57.9 Å². The number of amides is 1. The third kappa shape index (κ3) is 6.26. The minimum Gasteiger partial charge on any atom is -0.376 e. The Morgan fingerprint density at radius 2 is 1.86 bits per heavy atom. The predicted molar refractivity (Wildman–Crippen MR) is 115 cm³/mol. The molecular formula is C20H22BrClN2O4S. The molecule has 0 unspecified atom stereocenters. The molecule has 0 spiro atoms. The summed E-state index contributed by atoms with van der Waals surface area (Å²) in [6.45, 7) is 0.868. The van der Waals surface area contributed by atoms with Crippen LogP contribution in [-0.2, 0) is 26.1 Å². The molecule has 1 aliphatic heterocycles. The molecule has 0 radical (unpaired) electrons. The molecule has 156 valence electrons. The van der Waals surface area contributed by atoms with Gasteiger partial charge in [0.1, 0.15) is 0 Å². The van der Waals surface area contributed by atoms with Crippen molar-refractivity contribution in [2.24, 2.45) is 0 Å². The highest BCUT2D eigenvalue weighted by Gasteiger charge is 2.27. The van der Waals surface area contributed by atoms with Gasteiger partial charge < -0.3 is 10.1 Å². The third-order valence-electron chi connectivity index (χ3n) is 4.59. The number of carbonyl (C=O) groups excluding carboxylic acids is 1. The van der Waals surface area contributed by atoms with E-state index >= 15 is 0 Å². The fourth-order valence-corrected chi connectivity index (χ4v) is 4.80. The molecule has 3 rings (SSSR count). The summed E-state index contributed by atoms with van der Waals surface area (Å²) < 4.78 is 33.9. The highest BCUT2D eigenvalue weighted by Crippen LogP contribution is 2.21. The van der Waals surface area contributed by atoms with E-state index in [1.165, 1.54) is 28.6 Å². The molecule has 1 atom stereocenters. The summed E-state index contributed by atoms with van der Waals surface area (Å²) in [5.41, 5.74) is 0.776. The lowest BCUT2D eigenvalue weighted by Crippen LogP contribution is -2.42. The molecule has 2 aromatic rings. The Kier molecular flexibility index (Phi) is 7.70. The molecule has 1 N–H and O–H groups in total. The first kappa shape index (κ1) is 22.2. The third-order valence-corrected chi connectivity index (χ3v) is 7.18. The molecule has 0 saturated carbocycles. The highest BCUT2D eigenvalue weighted by atomic mass is 79.9. The van der Waals surface area contributed by atoms with E-state index in [4.69, 9.17) is 16.3 Å². The van der Waals surface area contributed by atoms with Crippen molar-refractivity contribution in [1.29, 1.82) is 0 Å². The quantitative estimate of drug-likeness (QED) is 0.600. The van der Waals surface area contributed by atoms with E-state index in [2.05, 4.69) is 21.2 Å². The summed E-state index contributed by atoms with van der Waals surface area (Å²) in [5.74, 6) is -0.366. The second kappa shape index (κ2) is 10.0. The first-order chi connectivity index (χ1) is 13.8. The average molecular weight is 502 g/mol.